The Kier molecular flexibility index (Phi) is 5.04. The van der Waals surface area contributed by atoms with Gasteiger partial charge in [-0.15, -0.1) is 0 Å². The lowest BCUT2D eigenvalue weighted by atomic mass is 10.1. The Morgan fingerprint density at radius 2 is 2.47 bits per heavy atom. The van der Waals surface area contributed by atoms with Crippen LogP contribution in [0.1, 0.15) is 26.1 Å². The predicted octanol–water partition coefficient (Wildman–Crippen LogP) is 0.424. The van der Waals surface area contributed by atoms with E-state index in [0.717, 1.165) is 25.5 Å². The van der Waals surface area contributed by atoms with Gasteiger partial charge in [0.15, 0.2) is 0 Å². The van der Waals surface area contributed by atoms with E-state index in [-0.39, 0.29) is 11.8 Å². The zero-order valence-electron chi connectivity index (χ0n) is 11.6. The van der Waals surface area contributed by atoms with E-state index in [1.54, 1.807) is 0 Å². The van der Waals surface area contributed by atoms with Gasteiger partial charge in [0.2, 0.25) is 0 Å². The van der Waals surface area contributed by atoms with Gasteiger partial charge < -0.3 is 10.1 Å². The topological polar surface area (TPSA) is 69.0 Å². The molecule has 0 amide bonds. The van der Waals surface area contributed by atoms with Crippen LogP contribution in [0.2, 0.25) is 0 Å². The molecule has 1 aromatic heterocycles. The Morgan fingerprint density at radius 3 is 3.16 bits per heavy atom. The number of hydrogen-bond acceptors (Lipinski definition) is 5. The number of aromatic nitrogens is 3. The van der Waals surface area contributed by atoms with Gasteiger partial charge in [0.05, 0.1) is 19.6 Å². The Balaban J connectivity index is 1.86. The summed E-state index contributed by atoms with van der Waals surface area (Å²) in [6.45, 7) is 7.21. The summed E-state index contributed by atoms with van der Waals surface area (Å²) in [4.78, 5) is 16.2. The van der Waals surface area contributed by atoms with Crippen LogP contribution >= 0.6 is 0 Å². The van der Waals surface area contributed by atoms with E-state index in [1.165, 1.54) is 6.33 Å². The molecule has 2 rings (SSSR count). The summed E-state index contributed by atoms with van der Waals surface area (Å²) < 4.78 is 7.17. The van der Waals surface area contributed by atoms with Gasteiger partial charge in [-0.3, -0.25) is 4.79 Å². The number of rotatable bonds is 6. The third kappa shape index (κ3) is 4.40. The summed E-state index contributed by atoms with van der Waals surface area (Å²) in [7, 11) is 0. The van der Waals surface area contributed by atoms with E-state index in [9.17, 15) is 4.79 Å². The van der Waals surface area contributed by atoms with Gasteiger partial charge in [-0.25, -0.2) is 9.67 Å². The molecule has 0 bridgehead atoms. The molecule has 1 atom stereocenters. The highest BCUT2D eigenvalue weighted by atomic mass is 16.5. The molecule has 2 heterocycles. The van der Waals surface area contributed by atoms with Crippen molar-refractivity contribution in [3.8, 4) is 0 Å². The number of hydrogen-bond donors (Lipinski definition) is 1. The first kappa shape index (κ1) is 14.1. The van der Waals surface area contributed by atoms with Crippen molar-refractivity contribution in [2.75, 3.05) is 19.8 Å². The maximum absolute atomic E-state index is 12.0. The van der Waals surface area contributed by atoms with Crippen molar-refractivity contribution < 1.29 is 9.53 Å². The van der Waals surface area contributed by atoms with E-state index in [2.05, 4.69) is 29.2 Å². The number of ketones is 1. The third-order valence-electron chi connectivity index (χ3n) is 3.06. The molecule has 0 aromatic carbocycles. The van der Waals surface area contributed by atoms with Crippen molar-refractivity contribution >= 4 is 5.78 Å². The molecule has 106 valence electrons. The number of morpholine rings is 1. The SMILES string of the molecule is CC(C)Cn1ncnc1CC(=O)CC1COCCN1. The molecule has 1 N–H and O–H groups in total. The van der Waals surface area contributed by atoms with E-state index in [4.69, 9.17) is 4.74 Å². The molecule has 0 saturated carbocycles. The lowest BCUT2D eigenvalue weighted by Gasteiger charge is -2.23. The Bertz CT molecular complexity index is 411. The van der Waals surface area contributed by atoms with Gasteiger partial charge in [-0.05, 0) is 5.92 Å². The molecule has 0 aliphatic carbocycles. The van der Waals surface area contributed by atoms with Crippen LogP contribution in [0, 0.1) is 5.92 Å². The minimum Gasteiger partial charge on any atom is -0.379 e. The van der Waals surface area contributed by atoms with Crippen LogP contribution < -0.4 is 5.32 Å². The fourth-order valence-electron chi connectivity index (χ4n) is 2.20. The van der Waals surface area contributed by atoms with Gasteiger partial charge in [-0.2, -0.15) is 5.10 Å². The van der Waals surface area contributed by atoms with Crippen LogP contribution in [-0.4, -0.2) is 46.3 Å². The number of Topliss-reactive ketones (excluding diaryl/α,β-unsaturated/α-hetero) is 1. The van der Waals surface area contributed by atoms with E-state index < -0.39 is 0 Å². The number of carbonyl (C=O) groups is 1. The first-order valence-electron chi connectivity index (χ1n) is 6.84. The van der Waals surface area contributed by atoms with Gasteiger partial charge in [0.25, 0.3) is 0 Å². The Hall–Kier alpha value is -1.27. The van der Waals surface area contributed by atoms with E-state index >= 15 is 0 Å². The number of carbonyl (C=O) groups excluding carboxylic acids is 1. The molecule has 1 aromatic rings. The summed E-state index contributed by atoms with van der Waals surface area (Å²) >= 11 is 0. The summed E-state index contributed by atoms with van der Waals surface area (Å²) in [5, 5.41) is 7.46. The maximum atomic E-state index is 12.0. The van der Waals surface area contributed by atoms with Crippen LogP contribution in [0.3, 0.4) is 0 Å². The normalized spacial score (nSPS) is 19.8. The second-order valence-corrected chi connectivity index (χ2v) is 5.40. The highest BCUT2D eigenvalue weighted by Gasteiger charge is 2.18. The van der Waals surface area contributed by atoms with Crippen molar-refractivity contribution in [1.29, 1.82) is 0 Å². The van der Waals surface area contributed by atoms with E-state index in [1.807, 2.05) is 4.68 Å². The second-order valence-electron chi connectivity index (χ2n) is 5.40. The first-order chi connectivity index (χ1) is 9.15. The van der Waals surface area contributed by atoms with Crippen molar-refractivity contribution in [2.45, 2.75) is 39.3 Å². The van der Waals surface area contributed by atoms with Gasteiger partial charge in [-0.1, -0.05) is 13.8 Å². The number of nitrogens with one attached hydrogen (secondary N) is 1. The molecule has 1 saturated heterocycles. The van der Waals surface area contributed by atoms with Gasteiger partial charge in [0.1, 0.15) is 17.9 Å². The maximum Gasteiger partial charge on any atom is 0.142 e. The van der Waals surface area contributed by atoms with Crippen molar-refractivity contribution in [3.63, 3.8) is 0 Å². The molecular formula is C13H22N4O2. The zero-order valence-corrected chi connectivity index (χ0v) is 11.6. The molecule has 0 spiro atoms. The minimum absolute atomic E-state index is 0.141. The largest absolute Gasteiger partial charge is 0.379 e. The van der Waals surface area contributed by atoms with Crippen LogP contribution in [0.5, 0.6) is 0 Å². The molecule has 19 heavy (non-hydrogen) atoms. The van der Waals surface area contributed by atoms with Crippen molar-refractivity contribution in [2.24, 2.45) is 5.92 Å². The summed E-state index contributed by atoms with van der Waals surface area (Å²) in [5.74, 6) is 1.43. The third-order valence-corrected chi connectivity index (χ3v) is 3.06. The molecule has 1 aliphatic rings. The fourth-order valence-corrected chi connectivity index (χ4v) is 2.20. The summed E-state index contributed by atoms with van der Waals surface area (Å²) in [5.41, 5.74) is 0. The van der Waals surface area contributed by atoms with Gasteiger partial charge in [0, 0.05) is 25.6 Å². The minimum atomic E-state index is 0.141. The molecule has 0 radical (unpaired) electrons. The van der Waals surface area contributed by atoms with Gasteiger partial charge >= 0.3 is 0 Å². The Morgan fingerprint density at radius 1 is 1.63 bits per heavy atom. The fraction of sp³-hybridized carbons (Fsp3) is 0.769. The monoisotopic (exact) mass is 266 g/mol. The Labute approximate surface area is 113 Å². The standard InChI is InChI=1S/C13H22N4O2/c1-10(2)7-17-13(15-9-16-17)6-12(18)5-11-8-19-4-3-14-11/h9-11,14H,3-8H2,1-2H3. The molecule has 1 fully saturated rings. The average molecular weight is 266 g/mol. The zero-order chi connectivity index (χ0) is 13.7. The predicted molar refractivity (Wildman–Crippen MR) is 70.8 cm³/mol. The number of ether oxygens (including phenoxy) is 1. The highest BCUT2D eigenvalue weighted by molar-refractivity contribution is 5.80. The molecular weight excluding hydrogens is 244 g/mol. The first-order valence-corrected chi connectivity index (χ1v) is 6.84. The highest BCUT2D eigenvalue weighted by Crippen LogP contribution is 2.06. The van der Waals surface area contributed by atoms with Crippen molar-refractivity contribution in [3.05, 3.63) is 12.2 Å². The second kappa shape index (κ2) is 6.77. The van der Waals surface area contributed by atoms with Crippen LogP contribution in [-0.2, 0) is 22.5 Å². The summed E-state index contributed by atoms with van der Waals surface area (Å²) in [6.07, 6.45) is 2.37. The average Bonchev–Trinajstić information content (AvgIpc) is 2.77. The molecule has 1 unspecified atom stereocenters. The molecule has 1 aliphatic heterocycles. The van der Waals surface area contributed by atoms with Crippen LogP contribution in [0.25, 0.3) is 0 Å². The lowest BCUT2D eigenvalue weighted by molar-refractivity contribution is -0.119. The molecule has 6 heteroatoms. The van der Waals surface area contributed by atoms with Crippen molar-refractivity contribution in [1.82, 2.24) is 20.1 Å². The van der Waals surface area contributed by atoms with Crippen LogP contribution in [0.4, 0.5) is 0 Å². The van der Waals surface area contributed by atoms with E-state index in [0.29, 0.717) is 25.4 Å². The number of nitrogens with zero attached hydrogens (tertiary/aromatic N) is 3. The summed E-state index contributed by atoms with van der Waals surface area (Å²) in [6, 6.07) is 0.141. The lowest BCUT2D eigenvalue weighted by Crippen LogP contribution is -2.42. The quantitative estimate of drug-likeness (QED) is 0.808. The smallest absolute Gasteiger partial charge is 0.142 e. The molecule has 6 nitrogen and oxygen atoms in total. The van der Waals surface area contributed by atoms with Crippen LogP contribution in [0.15, 0.2) is 6.33 Å².